The lowest BCUT2D eigenvalue weighted by atomic mass is 10.2. The van der Waals surface area contributed by atoms with Gasteiger partial charge >= 0.3 is 5.97 Å². The van der Waals surface area contributed by atoms with E-state index in [9.17, 15) is 4.79 Å². The van der Waals surface area contributed by atoms with Crippen LogP contribution in [0.4, 0.5) is 0 Å². The fourth-order valence-electron chi connectivity index (χ4n) is 2.13. The molecule has 0 aliphatic rings. The number of benzene rings is 1. The molecule has 0 radical (unpaired) electrons. The Kier molecular flexibility index (Phi) is 3.87. The first-order valence-electron chi connectivity index (χ1n) is 6.06. The molecule has 0 bridgehead atoms. The predicted molar refractivity (Wildman–Crippen MR) is 70.0 cm³/mol. The summed E-state index contributed by atoms with van der Waals surface area (Å²) in [6.45, 7) is 0.837. The van der Waals surface area contributed by atoms with Crippen LogP contribution in [0.2, 0.25) is 0 Å². The summed E-state index contributed by atoms with van der Waals surface area (Å²) in [5.74, 6) is 0.144. The Morgan fingerprint density at radius 3 is 2.89 bits per heavy atom. The number of ether oxygens (including phenoxy) is 1. The first-order chi connectivity index (χ1) is 8.72. The van der Waals surface area contributed by atoms with Gasteiger partial charge in [0.25, 0.3) is 0 Å². The number of hydrogen-bond donors (Lipinski definition) is 1. The zero-order valence-electron chi connectivity index (χ0n) is 10.4. The quantitative estimate of drug-likeness (QED) is 0.798. The molecule has 0 fully saturated rings. The standard InChI is InChI=1S/C14H17NO3/c1-18-13-6-4-5-12-11(13)8-10-15(12)9-3-2-7-14(16)17/h4-6,8,10H,2-3,7,9H2,1H3,(H,16,17). The van der Waals surface area contributed by atoms with Crippen LogP contribution in [0.25, 0.3) is 10.9 Å². The normalized spacial score (nSPS) is 10.7. The molecule has 0 saturated heterocycles. The van der Waals surface area contributed by atoms with E-state index in [1.54, 1.807) is 7.11 Å². The maximum atomic E-state index is 10.4. The van der Waals surface area contributed by atoms with E-state index in [0.717, 1.165) is 29.6 Å². The molecule has 0 aliphatic carbocycles. The van der Waals surface area contributed by atoms with Crippen LogP contribution in [0, 0.1) is 0 Å². The highest BCUT2D eigenvalue weighted by atomic mass is 16.5. The number of nitrogens with zero attached hydrogens (tertiary/aromatic N) is 1. The molecule has 96 valence electrons. The van der Waals surface area contributed by atoms with Crippen molar-refractivity contribution in [3.05, 3.63) is 30.5 Å². The van der Waals surface area contributed by atoms with E-state index in [2.05, 4.69) is 10.6 Å². The molecule has 0 saturated carbocycles. The monoisotopic (exact) mass is 247 g/mol. The van der Waals surface area contributed by atoms with Gasteiger partial charge in [0, 0.05) is 24.5 Å². The number of fused-ring (bicyclic) bond motifs is 1. The second-order valence-corrected chi connectivity index (χ2v) is 4.25. The van der Waals surface area contributed by atoms with E-state index in [0.29, 0.717) is 6.42 Å². The third-order valence-corrected chi connectivity index (χ3v) is 3.03. The summed E-state index contributed by atoms with van der Waals surface area (Å²) in [7, 11) is 1.67. The van der Waals surface area contributed by atoms with Crippen LogP contribution in [0.3, 0.4) is 0 Å². The molecule has 1 aromatic carbocycles. The summed E-state index contributed by atoms with van der Waals surface area (Å²) in [4.78, 5) is 10.4. The van der Waals surface area contributed by atoms with Crippen LogP contribution in [0.1, 0.15) is 19.3 Å². The molecular formula is C14H17NO3. The SMILES string of the molecule is COc1cccc2c1ccn2CCCCC(=O)O. The van der Waals surface area contributed by atoms with Crippen LogP contribution < -0.4 is 4.74 Å². The Hall–Kier alpha value is -1.97. The topological polar surface area (TPSA) is 51.5 Å². The number of hydrogen-bond acceptors (Lipinski definition) is 2. The highest BCUT2D eigenvalue weighted by Crippen LogP contribution is 2.26. The van der Waals surface area contributed by atoms with Crippen LogP contribution in [0.15, 0.2) is 30.5 Å². The van der Waals surface area contributed by atoms with Gasteiger partial charge in [0.1, 0.15) is 5.75 Å². The third kappa shape index (κ3) is 2.64. The molecule has 2 rings (SSSR count). The van der Waals surface area contributed by atoms with Gasteiger partial charge in [0.15, 0.2) is 0 Å². The minimum Gasteiger partial charge on any atom is -0.496 e. The molecular weight excluding hydrogens is 230 g/mol. The number of unbranched alkanes of at least 4 members (excludes halogenated alkanes) is 1. The van der Waals surface area contributed by atoms with Crippen LogP contribution in [-0.2, 0) is 11.3 Å². The zero-order valence-corrected chi connectivity index (χ0v) is 10.4. The van der Waals surface area contributed by atoms with E-state index >= 15 is 0 Å². The minimum atomic E-state index is -0.728. The highest BCUT2D eigenvalue weighted by molar-refractivity contribution is 5.86. The van der Waals surface area contributed by atoms with Gasteiger partial charge in [-0.25, -0.2) is 0 Å². The summed E-state index contributed by atoms with van der Waals surface area (Å²) in [6, 6.07) is 7.99. The van der Waals surface area contributed by atoms with Gasteiger partial charge in [0.05, 0.1) is 12.6 Å². The Bertz CT molecular complexity index is 545. The zero-order chi connectivity index (χ0) is 13.0. The maximum Gasteiger partial charge on any atom is 0.303 e. The predicted octanol–water partition coefficient (Wildman–Crippen LogP) is 2.90. The van der Waals surface area contributed by atoms with Gasteiger partial charge in [-0.05, 0) is 31.0 Å². The number of aliphatic carboxylic acids is 1. The van der Waals surface area contributed by atoms with Crippen molar-refractivity contribution in [1.82, 2.24) is 4.57 Å². The third-order valence-electron chi connectivity index (χ3n) is 3.03. The Labute approximate surface area is 106 Å². The molecule has 18 heavy (non-hydrogen) atoms. The van der Waals surface area contributed by atoms with Gasteiger partial charge in [-0.1, -0.05) is 6.07 Å². The van der Waals surface area contributed by atoms with Crippen molar-refractivity contribution >= 4 is 16.9 Å². The Balaban J connectivity index is 2.07. The average molecular weight is 247 g/mol. The summed E-state index contributed by atoms with van der Waals surface area (Å²) in [5.41, 5.74) is 1.13. The highest BCUT2D eigenvalue weighted by Gasteiger charge is 2.05. The lowest BCUT2D eigenvalue weighted by Crippen LogP contribution is -1.99. The molecule has 4 heteroatoms. The molecule has 0 spiro atoms. The molecule has 2 aromatic rings. The number of carboxylic acids is 1. The average Bonchev–Trinajstić information content (AvgIpc) is 2.77. The lowest BCUT2D eigenvalue weighted by molar-refractivity contribution is -0.137. The maximum absolute atomic E-state index is 10.4. The van der Waals surface area contributed by atoms with Gasteiger partial charge in [-0.3, -0.25) is 4.79 Å². The van der Waals surface area contributed by atoms with Gasteiger partial charge < -0.3 is 14.4 Å². The first-order valence-corrected chi connectivity index (χ1v) is 6.06. The lowest BCUT2D eigenvalue weighted by Gasteiger charge is -2.06. The smallest absolute Gasteiger partial charge is 0.303 e. The van der Waals surface area contributed by atoms with E-state index in [4.69, 9.17) is 9.84 Å². The largest absolute Gasteiger partial charge is 0.496 e. The van der Waals surface area contributed by atoms with E-state index in [1.807, 2.05) is 24.4 Å². The van der Waals surface area contributed by atoms with Crippen molar-refractivity contribution in [1.29, 1.82) is 0 Å². The molecule has 0 unspecified atom stereocenters. The molecule has 1 heterocycles. The van der Waals surface area contributed by atoms with Crippen LogP contribution in [0.5, 0.6) is 5.75 Å². The van der Waals surface area contributed by atoms with Crippen molar-refractivity contribution in [2.45, 2.75) is 25.8 Å². The number of rotatable bonds is 6. The minimum absolute atomic E-state index is 0.239. The number of aryl methyl sites for hydroxylation is 1. The Morgan fingerprint density at radius 1 is 1.33 bits per heavy atom. The molecule has 0 atom stereocenters. The first kappa shape index (κ1) is 12.5. The van der Waals surface area contributed by atoms with Crippen molar-refractivity contribution < 1.29 is 14.6 Å². The molecule has 1 aromatic heterocycles. The summed E-state index contributed by atoms with van der Waals surface area (Å²) in [5, 5.41) is 9.68. The van der Waals surface area contributed by atoms with Crippen molar-refractivity contribution in [3.63, 3.8) is 0 Å². The van der Waals surface area contributed by atoms with Gasteiger partial charge in [-0.15, -0.1) is 0 Å². The van der Waals surface area contributed by atoms with Crippen molar-refractivity contribution in [2.75, 3.05) is 7.11 Å². The molecule has 0 amide bonds. The number of carbonyl (C=O) groups is 1. The van der Waals surface area contributed by atoms with Crippen LogP contribution in [-0.4, -0.2) is 22.8 Å². The van der Waals surface area contributed by atoms with E-state index in [1.165, 1.54) is 0 Å². The Morgan fingerprint density at radius 2 is 2.17 bits per heavy atom. The second kappa shape index (κ2) is 5.58. The van der Waals surface area contributed by atoms with Gasteiger partial charge in [-0.2, -0.15) is 0 Å². The molecule has 1 N–H and O–H groups in total. The van der Waals surface area contributed by atoms with E-state index < -0.39 is 5.97 Å². The number of methoxy groups -OCH3 is 1. The van der Waals surface area contributed by atoms with Crippen LogP contribution >= 0.6 is 0 Å². The molecule has 4 nitrogen and oxygen atoms in total. The summed E-state index contributed by atoms with van der Waals surface area (Å²) < 4.78 is 7.45. The fourth-order valence-corrected chi connectivity index (χ4v) is 2.13. The molecule has 0 aliphatic heterocycles. The number of carboxylic acid groups (broad SMARTS) is 1. The number of aromatic nitrogens is 1. The van der Waals surface area contributed by atoms with Gasteiger partial charge in [0.2, 0.25) is 0 Å². The van der Waals surface area contributed by atoms with Crippen molar-refractivity contribution in [2.24, 2.45) is 0 Å². The second-order valence-electron chi connectivity index (χ2n) is 4.25. The summed E-state index contributed by atoms with van der Waals surface area (Å²) >= 11 is 0. The fraction of sp³-hybridized carbons (Fsp3) is 0.357. The summed E-state index contributed by atoms with van der Waals surface area (Å²) in [6.07, 6.45) is 3.84. The van der Waals surface area contributed by atoms with Crippen molar-refractivity contribution in [3.8, 4) is 5.75 Å². The van der Waals surface area contributed by atoms with E-state index in [-0.39, 0.29) is 6.42 Å².